The number of nitrogens with zero attached hydrogens (tertiary/aromatic N) is 2. The monoisotopic (exact) mass is 241 g/mol. The number of nitrogens with two attached hydrogens (primary N) is 1. The Morgan fingerprint density at radius 1 is 1.29 bits per heavy atom. The van der Waals surface area contributed by atoms with Crippen molar-refractivity contribution in [3.8, 4) is 0 Å². The molecule has 2 atom stereocenters. The summed E-state index contributed by atoms with van der Waals surface area (Å²) >= 11 is 0. The molecule has 0 aromatic rings. The average Bonchev–Trinajstić information content (AvgIpc) is 2.23. The first kappa shape index (κ1) is 13.3. The summed E-state index contributed by atoms with van der Waals surface area (Å²) in [4.78, 5) is 4.81. The largest absolute Gasteiger partial charge is 0.380 e. The third-order valence-corrected chi connectivity index (χ3v) is 4.72. The molecule has 4 heteroatoms. The first-order valence-electron chi connectivity index (χ1n) is 6.76. The molecule has 0 spiro atoms. The molecule has 2 aliphatic rings. The van der Waals surface area contributed by atoms with Gasteiger partial charge in [-0.05, 0) is 46.8 Å². The smallest absolute Gasteiger partial charge is 0.0636 e. The van der Waals surface area contributed by atoms with Crippen LogP contribution >= 0.6 is 0 Å². The molecule has 0 amide bonds. The lowest BCUT2D eigenvalue weighted by molar-refractivity contribution is -0.0272. The van der Waals surface area contributed by atoms with E-state index in [1.165, 1.54) is 19.3 Å². The van der Waals surface area contributed by atoms with E-state index in [4.69, 9.17) is 10.5 Å². The van der Waals surface area contributed by atoms with E-state index in [1.54, 1.807) is 0 Å². The van der Waals surface area contributed by atoms with Crippen molar-refractivity contribution in [3.63, 3.8) is 0 Å². The molecule has 100 valence electrons. The number of hydrogen-bond acceptors (Lipinski definition) is 4. The van der Waals surface area contributed by atoms with Crippen LogP contribution in [0.15, 0.2) is 0 Å². The predicted molar refractivity (Wildman–Crippen MR) is 70.1 cm³/mol. The fourth-order valence-corrected chi connectivity index (χ4v) is 3.11. The summed E-state index contributed by atoms with van der Waals surface area (Å²) in [5.41, 5.74) is 6.58. The van der Waals surface area contributed by atoms with Crippen molar-refractivity contribution in [1.29, 1.82) is 0 Å². The van der Waals surface area contributed by atoms with Gasteiger partial charge in [-0.3, -0.25) is 4.90 Å². The molecule has 1 aliphatic heterocycles. The molecule has 1 saturated heterocycles. The SMILES string of the molecule is CN(CC1(N(C)C)CCC1)C1COCCC1N. The third-order valence-electron chi connectivity index (χ3n) is 4.72. The maximum atomic E-state index is 6.20. The Morgan fingerprint density at radius 2 is 2.00 bits per heavy atom. The molecule has 2 unspecified atom stereocenters. The molecular weight excluding hydrogens is 214 g/mol. The van der Waals surface area contributed by atoms with Gasteiger partial charge in [-0.15, -0.1) is 0 Å². The van der Waals surface area contributed by atoms with Crippen LogP contribution in [0.2, 0.25) is 0 Å². The van der Waals surface area contributed by atoms with E-state index in [0.717, 1.165) is 26.2 Å². The van der Waals surface area contributed by atoms with E-state index in [1.807, 2.05) is 0 Å². The van der Waals surface area contributed by atoms with Gasteiger partial charge in [0.1, 0.15) is 0 Å². The van der Waals surface area contributed by atoms with E-state index in [9.17, 15) is 0 Å². The average molecular weight is 241 g/mol. The van der Waals surface area contributed by atoms with Crippen molar-refractivity contribution >= 4 is 0 Å². The molecule has 2 N–H and O–H groups in total. The Kier molecular flexibility index (Phi) is 4.08. The van der Waals surface area contributed by atoms with Gasteiger partial charge in [0, 0.05) is 30.8 Å². The molecule has 17 heavy (non-hydrogen) atoms. The van der Waals surface area contributed by atoms with E-state index < -0.39 is 0 Å². The van der Waals surface area contributed by atoms with Crippen LogP contribution in [0.4, 0.5) is 0 Å². The van der Waals surface area contributed by atoms with Crippen LogP contribution in [0.5, 0.6) is 0 Å². The molecule has 0 bridgehead atoms. The van der Waals surface area contributed by atoms with Crippen molar-refractivity contribution < 1.29 is 4.74 Å². The highest BCUT2D eigenvalue weighted by atomic mass is 16.5. The molecule has 2 rings (SSSR count). The topological polar surface area (TPSA) is 41.7 Å². The van der Waals surface area contributed by atoms with Crippen LogP contribution in [-0.4, -0.2) is 68.3 Å². The minimum Gasteiger partial charge on any atom is -0.380 e. The molecule has 0 aromatic carbocycles. The predicted octanol–water partition coefficient (Wildman–Crippen LogP) is 0.519. The Bertz CT molecular complexity index is 253. The highest BCUT2D eigenvalue weighted by molar-refractivity contribution is 4.99. The molecule has 4 nitrogen and oxygen atoms in total. The number of likely N-dealkylation sites (N-methyl/N-ethyl adjacent to an activating group) is 2. The summed E-state index contributed by atoms with van der Waals surface area (Å²) in [6.07, 6.45) is 4.98. The van der Waals surface area contributed by atoms with Crippen LogP contribution in [0.3, 0.4) is 0 Å². The maximum Gasteiger partial charge on any atom is 0.0636 e. The molecule has 0 radical (unpaired) electrons. The van der Waals surface area contributed by atoms with E-state index in [-0.39, 0.29) is 6.04 Å². The second kappa shape index (κ2) is 5.22. The van der Waals surface area contributed by atoms with E-state index in [2.05, 4.69) is 30.9 Å². The van der Waals surface area contributed by atoms with Gasteiger partial charge in [-0.25, -0.2) is 0 Å². The van der Waals surface area contributed by atoms with E-state index in [0.29, 0.717) is 11.6 Å². The summed E-state index contributed by atoms with van der Waals surface area (Å²) in [6, 6.07) is 0.661. The molecule has 1 saturated carbocycles. The lowest BCUT2D eigenvalue weighted by atomic mass is 9.75. The zero-order valence-electron chi connectivity index (χ0n) is 11.5. The van der Waals surface area contributed by atoms with Gasteiger partial charge in [-0.2, -0.15) is 0 Å². The Morgan fingerprint density at radius 3 is 2.47 bits per heavy atom. The van der Waals surface area contributed by atoms with Crippen molar-refractivity contribution in [2.24, 2.45) is 5.73 Å². The number of ether oxygens (including phenoxy) is 1. The molecule has 1 heterocycles. The number of rotatable bonds is 4. The second-order valence-electron chi connectivity index (χ2n) is 5.98. The summed E-state index contributed by atoms with van der Waals surface area (Å²) < 4.78 is 5.56. The van der Waals surface area contributed by atoms with Gasteiger partial charge < -0.3 is 15.4 Å². The standard InChI is InChI=1S/C13H27N3O/c1-15(2)13(6-4-7-13)10-16(3)12-9-17-8-5-11(12)14/h11-12H,4-10,14H2,1-3H3. The fourth-order valence-electron chi connectivity index (χ4n) is 3.11. The minimum atomic E-state index is 0.271. The lowest BCUT2D eigenvalue weighted by Crippen LogP contribution is -2.61. The Balaban J connectivity index is 1.93. The van der Waals surface area contributed by atoms with Crippen LogP contribution in [0, 0.1) is 0 Å². The van der Waals surface area contributed by atoms with Gasteiger partial charge in [-0.1, -0.05) is 0 Å². The molecule has 1 aliphatic carbocycles. The van der Waals surface area contributed by atoms with Crippen LogP contribution in [0.1, 0.15) is 25.7 Å². The summed E-state index contributed by atoms with van der Waals surface area (Å²) in [6.45, 7) is 2.73. The third kappa shape index (κ3) is 2.65. The van der Waals surface area contributed by atoms with Crippen molar-refractivity contribution in [2.75, 3.05) is 40.9 Å². The van der Waals surface area contributed by atoms with E-state index >= 15 is 0 Å². The van der Waals surface area contributed by atoms with Gasteiger partial charge in [0.15, 0.2) is 0 Å². The first-order chi connectivity index (χ1) is 8.05. The molecular formula is C13H27N3O. The maximum absolute atomic E-state index is 6.20. The second-order valence-corrected chi connectivity index (χ2v) is 5.98. The summed E-state index contributed by atoms with van der Waals surface area (Å²) in [7, 11) is 6.59. The zero-order valence-corrected chi connectivity index (χ0v) is 11.5. The van der Waals surface area contributed by atoms with Crippen LogP contribution in [-0.2, 0) is 4.74 Å². The zero-order chi connectivity index (χ0) is 12.5. The van der Waals surface area contributed by atoms with Crippen LogP contribution in [0.25, 0.3) is 0 Å². The molecule has 2 fully saturated rings. The Labute approximate surface area is 105 Å². The first-order valence-corrected chi connectivity index (χ1v) is 6.76. The van der Waals surface area contributed by atoms with Crippen molar-refractivity contribution in [1.82, 2.24) is 9.80 Å². The van der Waals surface area contributed by atoms with Gasteiger partial charge in [0.25, 0.3) is 0 Å². The molecule has 0 aromatic heterocycles. The van der Waals surface area contributed by atoms with Crippen LogP contribution < -0.4 is 5.73 Å². The highest BCUT2D eigenvalue weighted by Gasteiger charge is 2.41. The fraction of sp³-hybridized carbons (Fsp3) is 1.00. The lowest BCUT2D eigenvalue weighted by Gasteiger charge is -2.51. The minimum absolute atomic E-state index is 0.271. The van der Waals surface area contributed by atoms with Crippen molar-refractivity contribution in [2.45, 2.75) is 43.3 Å². The summed E-state index contributed by atoms with van der Waals surface area (Å²) in [5.74, 6) is 0. The highest BCUT2D eigenvalue weighted by Crippen LogP contribution is 2.37. The normalized spacial score (nSPS) is 32.8. The quantitative estimate of drug-likeness (QED) is 0.779. The van der Waals surface area contributed by atoms with Gasteiger partial charge in [0.05, 0.1) is 6.61 Å². The summed E-state index contributed by atoms with van der Waals surface area (Å²) in [5, 5.41) is 0. The van der Waals surface area contributed by atoms with Gasteiger partial charge >= 0.3 is 0 Å². The number of hydrogen-bond donors (Lipinski definition) is 1. The van der Waals surface area contributed by atoms with Gasteiger partial charge in [0.2, 0.25) is 0 Å². The Hall–Kier alpha value is -0.160. The van der Waals surface area contributed by atoms with Crippen molar-refractivity contribution in [3.05, 3.63) is 0 Å².